The summed E-state index contributed by atoms with van der Waals surface area (Å²) in [6.07, 6.45) is 5.11. The summed E-state index contributed by atoms with van der Waals surface area (Å²) in [7, 11) is 1.35. The smallest absolute Gasteiger partial charge is 0.343 e. The van der Waals surface area contributed by atoms with Crippen LogP contribution in [0.5, 0.6) is 5.75 Å². The molecule has 0 saturated heterocycles. The Hall–Kier alpha value is -4.12. The molecule has 0 N–H and O–H groups in total. The molecule has 1 aliphatic carbocycles. The predicted molar refractivity (Wildman–Crippen MR) is 136 cm³/mol. The number of aromatic nitrogens is 1. The standard InChI is InChI=1S/C30H27NO4/c1-33-27(32)20-34-25-16-8-10-21(19-25)18-24-15-9-17-26(24)30-31-28(22-11-4-2-5-12-22)29(35-30)23-13-6-3-7-14-23/h2-8,10-14,16-17,19,24H,9,15,18,20H2,1H3/t24-/m1/s1. The number of rotatable bonds is 8. The number of oxazole rings is 1. The second-order valence-corrected chi connectivity index (χ2v) is 8.58. The molecule has 0 amide bonds. The average molecular weight is 466 g/mol. The van der Waals surface area contributed by atoms with Crippen LogP contribution in [-0.4, -0.2) is 24.7 Å². The van der Waals surface area contributed by atoms with Crippen molar-refractivity contribution in [1.82, 2.24) is 4.98 Å². The van der Waals surface area contributed by atoms with Crippen molar-refractivity contribution in [3.63, 3.8) is 0 Å². The van der Waals surface area contributed by atoms with Gasteiger partial charge in [0.15, 0.2) is 12.4 Å². The van der Waals surface area contributed by atoms with Crippen molar-refractivity contribution in [3.8, 4) is 28.3 Å². The zero-order chi connectivity index (χ0) is 24.0. The minimum absolute atomic E-state index is 0.102. The third kappa shape index (κ3) is 5.19. The molecule has 5 nitrogen and oxygen atoms in total. The zero-order valence-electron chi connectivity index (χ0n) is 19.6. The van der Waals surface area contributed by atoms with Gasteiger partial charge in [0.05, 0.1) is 7.11 Å². The topological polar surface area (TPSA) is 61.6 Å². The number of nitrogens with zero attached hydrogens (tertiary/aromatic N) is 1. The molecule has 1 atom stereocenters. The van der Waals surface area contributed by atoms with Gasteiger partial charge in [0, 0.05) is 16.7 Å². The average Bonchev–Trinajstić information content (AvgIpc) is 3.56. The van der Waals surface area contributed by atoms with E-state index in [1.54, 1.807) is 0 Å². The van der Waals surface area contributed by atoms with Gasteiger partial charge in [-0.2, -0.15) is 0 Å². The lowest BCUT2D eigenvalue weighted by molar-refractivity contribution is -0.142. The molecule has 0 radical (unpaired) electrons. The van der Waals surface area contributed by atoms with Crippen LogP contribution in [-0.2, 0) is 16.0 Å². The largest absolute Gasteiger partial charge is 0.482 e. The fraction of sp³-hybridized carbons (Fsp3) is 0.200. The van der Waals surface area contributed by atoms with E-state index in [-0.39, 0.29) is 12.5 Å². The first-order valence-electron chi connectivity index (χ1n) is 11.8. The van der Waals surface area contributed by atoms with E-state index in [4.69, 9.17) is 14.1 Å². The van der Waals surface area contributed by atoms with Gasteiger partial charge in [-0.05, 0) is 42.9 Å². The maximum atomic E-state index is 11.4. The SMILES string of the molecule is COC(=O)COc1cccc(C[C@H]2CCC=C2c2nc(-c3ccccc3)c(-c3ccccc3)o2)c1. The number of benzene rings is 3. The molecular weight excluding hydrogens is 438 g/mol. The molecule has 0 unspecified atom stereocenters. The van der Waals surface area contributed by atoms with Gasteiger partial charge in [-0.3, -0.25) is 0 Å². The zero-order valence-corrected chi connectivity index (χ0v) is 19.6. The van der Waals surface area contributed by atoms with E-state index in [1.807, 2.05) is 54.6 Å². The van der Waals surface area contributed by atoms with Crippen molar-refractivity contribution < 1.29 is 18.7 Å². The highest BCUT2D eigenvalue weighted by Gasteiger charge is 2.27. The van der Waals surface area contributed by atoms with E-state index in [0.717, 1.165) is 53.0 Å². The van der Waals surface area contributed by atoms with Gasteiger partial charge in [0.1, 0.15) is 11.4 Å². The molecular formula is C30H27NO4. The minimum Gasteiger partial charge on any atom is -0.482 e. The number of carbonyl (C=O) groups excluding carboxylic acids is 1. The number of methoxy groups -OCH3 is 1. The molecule has 1 aliphatic rings. The fourth-order valence-corrected chi connectivity index (χ4v) is 4.50. The summed E-state index contributed by atoms with van der Waals surface area (Å²) in [5.41, 5.74) is 5.19. The first-order chi connectivity index (χ1) is 17.2. The van der Waals surface area contributed by atoms with E-state index in [2.05, 4.69) is 41.1 Å². The molecule has 1 heterocycles. The molecule has 1 aromatic heterocycles. The third-order valence-corrected chi connectivity index (χ3v) is 6.24. The third-order valence-electron chi connectivity index (χ3n) is 6.24. The van der Waals surface area contributed by atoms with Gasteiger partial charge in [-0.15, -0.1) is 0 Å². The van der Waals surface area contributed by atoms with Gasteiger partial charge in [0.25, 0.3) is 0 Å². The van der Waals surface area contributed by atoms with Gasteiger partial charge in [-0.1, -0.05) is 78.9 Å². The monoisotopic (exact) mass is 465 g/mol. The maximum Gasteiger partial charge on any atom is 0.343 e. The van der Waals surface area contributed by atoms with Crippen LogP contribution >= 0.6 is 0 Å². The van der Waals surface area contributed by atoms with E-state index in [9.17, 15) is 4.79 Å². The van der Waals surface area contributed by atoms with Crippen LogP contribution in [0.15, 0.2) is 95.4 Å². The lowest BCUT2D eigenvalue weighted by Gasteiger charge is -2.14. The highest BCUT2D eigenvalue weighted by Crippen LogP contribution is 2.40. The Morgan fingerprint density at radius 3 is 2.46 bits per heavy atom. The number of hydrogen-bond acceptors (Lipinski definition) is 5. The van der Waals surface area contributed by atoms with Gasteiger partial charge in [0.2, 0.25) is 5.89 Å². The highest BCUT2D eigenvalue weighted by molar-refractivity contribution is 5.79. The van der Waals surface area contributed by atoms with Crippen molar-refractivity contribution >= 4 is 11.5 Å². The first kappa shape index (κ1) is 22.7. The Kier molecular flexibility index (Phi) is 6.75. The second kappa shape index (κ2) is 10.4. The van der Waals surface area contributed by atoms with Gasteiger partial charge >= 0.3 is 5.97 Å². The van der Waals surface area contributed by atoms with Crippen LogP contribution in [0.3, 0.4) is 0 Å². The second-order valence-electron chi connectivity index (χ2n) is 8.58. The van der Waals surface area contributed by atoms with E-state index >= 15 is 0 Å². The molecule has 0 saturated carbocycles. The summed E-state index contributed by atoms with van der Waals surface area (Å²) >= 11 is 0. The summed E-state index contributed by atoms with van der Waals surface area (Å²) in [6.45, 7) is -0.102. The molecule has 176 valence electrons. The molecule has 0 fully saturated rings. The molecule has 0 spiro atoms. The molecule has 4 aromatic rings. The molecule has 5 heteroatoms. The number of ether oxygens (including phenoxy) is 2. The maximum absolute atomic E-state index is 11.4. The molecule has 0 aliphatic heterocycles. The number of allylic oxidation sites excluding steroid dienone is 2. The Morgan fingerprint density at radius 1 is 0.971 bits per heavy atom. The summed E-state index contributed by atoms with van der Waals surface area (Å²) < 4.78 is 16.7. The van der Waals surface area contributed by atoms with Gasteiger partial charge in [-0.25, -0.2) is 9.78 Å². The molecule has 0 bridgehead atoms. The highest BCUT2D eigenvalue weighted by atomic mass is 16.6. The van der Waals surface area contributed by atoms with Crippen LogP contribution in [0.25, 0.3) is 28.2 Å². The summed E-state index contributed by atoms with van der Waals surface area (Å²) in [6, 6.07) is 28.2. The van der Waals surface area contributed by atoms with Gasteiger partial charge < -0.3 is 13.9 Å². The van der Waals surface area contributed by atoms with E-state index < -0.39 is 5.97 Å². The van der Waals surface area contributed by atoms with E-state index in [1.165, 1.54) is 7.11 Å². The predicted octanol–water partition coefficient (Wildman–Crippen LogP) is 6.60. The quantitative estimate of drug-likeness (QED) is 0.275. The van der Waals surface area contributed by atoms with Crippen molar-refractivity contribution in [2.45, 2.75) is 19.3 Å². The van der Waals surface area contributed by atoms with Crippen LogP contribution in [0.4, 0.5) is 0 Å². The lowest BCUT2D eigenvalue weighted by atomic mass is 9.93. The number of esters is 1. The summed E-state index contributed by atoms with van der Waals surface area (Å²) in [5.74, 6) is 2.02. The van der Waals surface area contributed by atoms with Crippen LogP contribution < -0.4 is 4.74 Å². The fourth-order valence-electron chi connectivity index (χ4n) is 4.50. The molecule has 3 aromatic carbocycles. The van der Waals surface area contributed by atoms with E-state index in [0.29, 0.717) is 11.6 Å². The van der Waals surface area contributed by atoms with Crippen molar-refractivity contribution in [3.05, 3.63) is 102 Å². The summed E-state index contributed by atoms with van der Waals surface area (Å²) in [4.78, 5) is 16.4. The normalized spacial score (nSPS) is 15.0. The Labute approximate surface area is 205 Å². The first-order valence-corrected chi connectivity index (χ1v) is 11.8. The Morgan fingerprint density at radius 2 is 1.71 bits per heavy atom. The Balaban J connectivity index is 1.41. The number of carbonyl (C=O) groups is 1. The van der Waals surface area contributed by atoms with Crippen LogP contribution in [0.1, 0.15) is 24.3 Å². The molecule has 5 rings (SSSR count). The Bertz CT molecular complexity index is 1270. The summed E-state index contributed by atoms with van der Waals surface area (Å²) in [5, 5.41) is 0. The number of hydrogen-bond donors (Lipinski definition) is 0. The lowest BCUT2D eigenvalue weighted by Crippen LogP contribution is -2.12. The molecule has 35 heavy (non-hydrogen) atoms. The van der Waals surface area contributed by atoms with Crippen molar-refractivity contribution in [2.24, 2.45) is 5.92 Å². The van der Waals surface area contributed by atoms with Crippen LogP contribution in [0.2, 0.25) is 0 Å². The minimum atomic E-state index is -0.399. The van der Waals surface area contributed by atoms with Crippen molar-refractivity contribution in [1.29, 1.82) is 0 Å². The van der Waals surface area contributed by atoms with Crippen molar-refractivity contribution in [2.75, 3.05) is 13.7 Å². The van der Waals surface area contributed by atoms with Crippen LogP contribution in [0, 0.1) is 5.92 Å².